The first kappa shape index (κ1) is 15.7. The molecule has 0 unspecified atom stereocenters. The van der Waals surface area contributed by atoms with Crippen LogP contribution < -0.4 is 0 Å². The number of rotatable bonds is 2. The number of fused-ring (bicyclic) bond motifs is 1. The minimum atomic E-state index is -0.851. The molecule has 120 valence electrons. The molecule has 2 aliphatic heterocycles. The Morgan fingerprint density at radius 3 is 2.87 bits per heavy atom. The van der Waals surface area contributed by atoms with Crippen LogP contribution in [0.1, 0.15) is 24.9 Å². The highest BCUT2D eigenvalue weighted by Gasteiger charge is 2.42. The number of halogens is 1. The zero-order valence-corrected chi connectivity index (χ0v) is 13.5. The number of hydrogen-bond donors (Lipinski definition) is 0. The molecule has 1 aromatic rings. The Morgan fingerprint density at radius 1 is 1.43 bits per heavy atom. The maximum atomic E-state index is 14.4. The van der Waals surface area contributed by atoms with Gasteiger partial charge in [0.25, 0.3) is 0 Å². The van der Waals surface area contributed by atoms with Gasteiger partial charge in [0.15, 0.2) is 5.17 Å². The van der Waals surface area contributed by atoms with Gasteiger partial charge in [-0.3, -0.25) is 9.69 Å². The molecule has 1 aromatic carbocycles. The Morgan fingerprint density at radius 2 is 2.17 bits per heavy atom. The molecule has 0 bridgehead atoms. The lowest BCUT2D eigenvalue weighted by atomic mass is 9.94. The maximum absolute atomic E-state index is 14.4. The van der Waals surface area contributed by atoms with Gasteiger partial charge in [0.2, 0.25) is 5.91 Å². The molecular formula is C16H15FN2O3S. The first-order chi connectivity index (χ1) is 11.0. The van der Waals surface area contributed by atoms with Crippen molar-refractivity contribution in [3.63, 3.8) is 0 Å². The van der Waals surface area contributed by atoms with Crippen LogP contribution in [-0.4, -0.2) is 34.8 Å². The van der Waals surface area contributed by atoms with Crippen LogP contribution in [0.25, 0.3) is 0 Å². The molecule has 3 rings (SSSR count). The van der Waals surface area contributed by atoms with Crippen molar-refractivity contribution in [3.05, 3.63) is 46.9 Å². The van der Waals surface area contributed by atoms with Gasteiger partial charge >= 0.3 is 5.97 Å². The van der Waals surface area contributed by atoms with E-state index in [9.17, 15) is 14.0 Å². The SMILES string of the molecule is COC(=O)C1=C(C)N=C2SCCC(=O)N2[C@@H]1c1ccccc1F. The standard InChI is InChI=1S/C16H15FN2O3S/c1-9-13(15(21)22-2)14(10-5-3-4-6-11(10)17)19-12(20)7-8-23-16(19)18-9/h3-6,14H,7-8H2,1-2H3/t14-/m1/s1. The fourth-order valence-electron chi connectivity index (χ4n) is 2.76. The second kappa shape index (κ2) is 6.16. The van der Waals surface area contributed by atoms with Gasteiger partial charge in [0.1, 0.15) is 11.9 Å². The van der Waals surface area contributed by atoms with Crippen molar-refractivity contribution < 1.29 is 18.7 Å². The second-order valence-electron chi connectivity index (χ2n) is 5.17. The lowest BCUT2D eigenvalue weighted by Gasteiger charge is -2.38. The number of amides is 1. The molecule has 0 N–H and O–H groups in total. The lowest BCUT2D eigenvalue weighted by Crippen LogP contribution is -2.46. The number of nitrogens with zero attached hydrogens (tertiary/aromatic N) is 2. The molecule has 0 aromatic heterocycles. The van der Waals surface area contributed by atoms with Crippen molar-refractivity contribution >= 4 is 28.8 Å². The summed E-state index contributed by atoms with van der Waals surface area (Å²) in [5.74, 6) is -0.637. The van der Waals surface area contributed by atoms with Crippen molar-refractivity contribution in [1.29, 1.82) is 0 Å². The number of methoxy groups -OCH3 is 1. The number of allylic oxidation sites excluding steroid dienone is 1. The lowest BCUT2D eigenvalue weighted by molar-refractivity contribution is -0.137. The molecule has 7 heteroatoms. The Labute approximate surface area is 137 Å². The smallest absolute Gasteiger partial charge is 0.338 e. The van der Waals surface area contributed by atoms with Crippen LogP contribution in [0, 0.1) is 5.82 Å². The van der Waals surface area contributed by atoms with Crippen molar-refractivity contribution in [2.24, 2.45) is 4.99 Å². The number of ether oxygens (including phenoxy) is 1. The molecule has 2 heterocycles. The summed E-state index contributed by atoms with van der Waals surface area (Å²) >= 11 is 1.43. The van der Waals surface area contributed by atoms with Crippen LogP contribution in [0.4, 0.5) is 4.39 Å². The fraction of sp³-hybridized carbons (Fsp3) is 0.312. The normalized spacial score (nSPS) is 21.0. The third kappa shape index (κ3) is 2.65. The molecule has 5 nitrogen and oxygen atoms in total. The average Bonchev–Trinajstić information content (AvgIpc) is 2.54. The number of thioether (sulfide) groups is 1. The van der Waals surface area contributed by atoms with Crippen LogP contribution in [0.5, 0.6) is 0 Å². The molecule has 0 saturated carbocycles. The number of aliphatic imine (C=N–C) groups is 1. The molecule has 2 aliphatic rings. The van der Waals surface area contributed by atoms with Crippen molar-refractivity contribution in [2.45, 2.75) is 19.4 Å². The Bertz CT molecular complexity index is 745. The van der Waals surface area contributed by atoms with Gasteiger partial charge < -0.3 is 4.74 Å². The van der Waals surface area contributed by atoms with Crippen LogP contribution in [0.2, 0.25) is 0 Å². The van der Waals surface area contributed by atoms with E-state index in [2.05, 4.69) is 4.99 Å². The largest absolute Gasteiger partial charge is 0.466 e. The first-order valence-corrected chi connectivity index (χ1v) is 8.10. The van der Waals surface area contributed by atoms with E-state index in [-0.39, 0.29) is 17.0 Å². The number of amidine groups is 1. The summed E-state index contributed by atoms with van der Waals surface area (Å²) in [6.45, 7) is 1.67. The molecule has 0 radical (unpaired) electrons. The molecule has 1 amide bonds. The molecule has 0 spiro atoms. The molecule has 0 aliphatic carbocycles. The fourth-order valence-corrected chi connectivity index (χ4v) is 3.77. The quantitative estimate of drug-likeness (QED) is 0.780. The van der Waals surface area contributed by atoms with E-state index >= 15 is 0 Å². The summed E-state index contributed by atoms with van der Waals surface area (Å²) in [7, 11) is 1.26. The summed E-state index contributed by atoms with van der Waals surface area (Å²) in [6, 6.07) is 5.28. The Hall–Kier alpha value is -2.15. The minimum absolute atomic E-state index is 0.176. The van der Waals surface area contributed by atoms with Gasteiger partial charge in [-0.1, -0.05) is 30.0 Å². The molecule has 1 atom stereocenters. The van der Waals surface area contributed by atoms with Crippen LogP contribution in [-0.2, 0) is 14.3 Å². The summed E-state index contributed by atoms with van der Waals surface area (Å²) in [5.41, 5.74) is 0.895. The van der Waals surface area contributed by atoms with Gasteiger partial charge in [0, 0.05) is 17.7 Å². The maximum Gasteiger partial charge on any atom is 0.338 e. The Kier molecular flexibility index (Phi) is 4.21. The second-order valence-corrected chi connectivity index (χ2v) is 6.23. The molecule has 1 saturated heterocycles. The van der Waals surface area contributed by atoms with Crippen molar-refractivity contribution in [2.75, 3.05) is 12.9 Å². The van der Waals surface area contributed by atoms with Crippen molar-refractivity contribution in [1.82, 2.24) is 4.90 Å². The predicted octanol–water partition coefficient (Wildman–Crippen LogP) is 2.65. The minimum Gasteiger partial charge on any atom is -0.466 e. The van der Waals surface area contributed by atoms with E-state index in [4.69, 9.17) is 4.74 Å². The van der Waals surface area contributed by atoms with Crippen molar-refractivity contribution in [3.8, 4) is 0 Å². The van der Waals surface area contributed by atoms with Crippen LogP contribution >= 0.6 is 11.8 Å². The molecular weight excluding hydrogens is 319 g/mol. The monoisotopic (exact) mass is 334 g/mol. The van der Waals surface area contributed by atoms with Crippen LogP contribution in [0.15, 0.2) is 40.5 Å². The van der Waals surface area contributed by atoms with E-state index in [1.54, 1.807) is 25.1 Å². The van der Waals surface area contributed by atoms with Gasteiger partial charge in [-0.15, -0.1) is 0 Å². The van der Waals surface area contributed by atoms with Gasteiger partial charge in [0.05, 0.1) is 18.4 Å². The van der Waals surface area contributed by atoms with E-state index in [1.165, 1.54) is 29.8 Å². The zero-order chi connectivity index (χ0) is 16.6. The third-order valence-electron chi connectivity index (χ3n) is 3.81. The van der Waals surface area contributed by atoms with Crippen LogP contribution in [0.3, 0.4) is 0 Å². The topological polar surface area (TPSA) is 59.0 Å². The summed E-state index contributed by atoms with van der Waals surface area (Å²) in [4.78, 5) is 30.4. The zero-order valence-electron chi connectivity index (χ0n) is 12.7. The summed E-state index contributed by atoms with van der Waals surface area (Å²) in [6.07, 6.45) is 0.322. The number of benzene rings is 1. The highest BCUT2D eigenvalue weighted by Crippen LogP contribution is 2.40. The van der Waals surface area contributed by atoms with E-state index in [0.29, 0.717) is 23.0 Å². The van der Waals surface area contributed by atoms with Gasteiger partial charge in [-0.05, 0) is 13.0 Å². The predicted molar refractivity (Wildman–Crippen MR) is 85.2 cm³/mol. The first-order valence-electron chi connectivity index (χ1n) is 7.11. The number of esters is 1. The van der Waals surface area contributed by atoms with Gasteiger partial charge in [-0.25, -0.2) is 14.2 Å². The van der Waals surface area contributed by atoms with E-state index in [1.807, 2.05) is 0 Å². The summed E-state index contributed by atoms with van der Waals surface area (Å²) in [5, 5.41) is 0.500. The highest BCUT2D eigenvalue weighted by atomic mass is 32.2. The highest BCUT2D eigenvalue weighted by molar-refractivity contribution is 8.14. The molecule has 23 heavy (non-hydrogen) atoms. The number of carbonyl (C=O) groups is 2. The van der Waals surface area contributed by atoms with E-state index in [0.717, 1.165) is 0 Å². The Balaban J connectivity index is 2.22. The average molecular weight is 334 g/mol. The number of carbonyl (C=O) groups excluding carboxylic acids is 2. The van der Waals surface area contributed by atoms with Gasteiger partial charge in [-0.2, -0.15) is 0 Å². The number of hydrogen-bond acceptors (Lipinski definition) is 5. The van der Waals surface area contributed by atoms with E-state index < -0.39 is 17.8 Å². The third-order valence-corrected chi connectivity index (χ3v) is 4.77. The molecule has 1 fully saturated rings. The summed E-state index contributed by atoms with van der Waals surface area (Å²) < 4.78 is 19.2.